The fraction of sp³-hybridized carbons (Fsp3) is 1.00. The van der Waals surface area contributed by atoms with Crippen LogP contribution in [0.1, 0.15) is 0 Å². The van der Waals surface area contributed by atoms with Crippen LogP contribution in [0.3, 0.4) is 0 Å². The van der Waals surface area contributed by atoms with Gasteiger partial charge in [-0.3, -0.25) is 0 Å². The van der Waals surface area contributed by atoms with Crippen LogP contribution >= 0.6 is 0 Å². The van der Waals surface area contributed by atoms with Crippen LogP contribution in [-0.4, -0.2) is 18.5 Å². The first-order chi connectivity index (χ1) is 3.64. The molecular formula is C4H8F2N2. The molecule has 1 rings (SSSR count). The highest BCUT2D eigenvalue weighted by atomic mass is 19.3. The lowest BCUT2D eigenvalue weighted by Gasteiger charge is -1.89. The fourth-order valence-corrected chi connectivity index (χ4v) is 0.721. The number of rotatable bonds is 1. The van der Waals surface area contributed by atoms with Crippen LogP contribution in [-0.2, 0) is 0 Å². The lowest BCUT2D eigenvalue weighted by Crippen LogP contribution is -2.12. The van der Waals surface area contributed by atoms with Gasteiger partial charge >= 0.3 is 0 Å². The fourth-order valence-electron chi connectivity index (χ4n) is 0.721. The number of hydrogen-bond acceptors (Lipinski definition) is 2. The summed E-state index contributed by atoms with van der Waals surface area (Å²) in [4.78, 5) is 0. The molecule has 0 saturated heterocycles. The molecule has 0 heterocycles. The summed E-state index contributed by atoms with van der Waals surface area (Å²) >= 11 is 0. The van der Waals surface area contributed by atoms with E-state index in [1.807, 2.05) is 0 Å². The summed E-state index contributed by atoms with van der Waals surface area (Å²) in [6.45, 7) is 0. The Bertz CT molecular complexity index is 81.3. The average molecular weight is 122 g/mol. The van der Waals surface area contributed by atoms with E-state index in [-0.39, 0.29) is 0 Å². The van der Waals surface area contributed by atoms with Crippen molar-refractivity contribution in [3.8, 4) is 0 Å². The van der Waals surface area contributed by atoms with Gasteiger partial charge in [0.25, 0.3) is 0 Å². The first-order valence-corrected chi connectivity index (χ1v) is 2.44. The molecule has 0 radical (unpaired) electrons. The van der Waals surface area contributed by atoms with Gasteiger partial charge in [-0.05, 0) is 0 Å². The smallest absolute Gasteiger partial charge is 0.244 e. The van der Waals surface area contributed by atoms with Crippen molar-refractivity contribution in [3.63, 3.8) is 0 Å². The van der Waals surface area contributed by atoms with Crippen LogP contribution in [0.2, 0.25) is 0 Å². The van der Waals surface area contributed by atoms with E-state index >= 15 is 0 Å². The van der Waals surface area contributed by atoms with Crippen molar-refractivity contribution in [1.82, 2.24) is 0 Å². The molecule has 1 unspecified atom stereocenters. The van der Waals surface area contributed by atoms with Gasteiger partial charge in [-0.1, -0.05) is 0 Å². The molecule has 2 nitrogen and oxygen atoms in total. The number of alkyl halides is 2. The van der Waals surface area contributed by atoms with Gasteiger partial charge in [0.05, 0.1) is 5.92 Å². The zero-order valence-electron chi connectivity index (χ0n) is 4.22. The molecule has 1 saturated carbocycles. The van der Waals surface area contributed by atoms with Gasteiger partial charge in [-0.2, -0.15) is 0 Å². The van der Waals surface area contributed by atoms with E-state index in [0.29, 0.717) is 0 Å². The Morgan fingerprint density at radius 1 is 1.12 bits per heavy atom. The SMILES string of the molecule is N[C@@H]1C(C(F)F)[C@@H]1N. The van der Waals surface area contributed by atoms with Crippen molar-refractivity contribution in [2.24, 2.45) is 17.4 Å². The molecule has 4 heteroatoms. The maximum atomic E-state index is 11.6. The van der Waals surface area contributed by atoms with Crippen molar-refractivity contribution in [3.05, 3.63) is 0 Å². The molecule has 8 heavy (non-hydrogen) atoms. The molecule has 0 aliphatic heterocycles. The van der Waals surface area contributed by atoms with Gasteiger partial charge < -0.3 is 11.5 Å². The third-order valence-electron chi connectivity index (χ3n) is 1.48. The van der Waals surface area contributed by atoms with Crippen LogP contribution in [0.15, 0.2) is 0 Å². The largest absolute Gasteiger partial charge is 0.326 e. The van der Waals surface area contributed by atoms with Crippen LogP contribution in [0.4, 0.5) is 8.78 Å². The molecule has 4 N–H and O–H groups in total. The Kier molecular flexibility index (Phi) is 1.21. The quantitative estimate of drug-likeness (QED) is 0.494. The highest BCUT2D eigenvalue weighted by Gasteiger charge is 2.50. The molecule has 0 amide bonds. The van der Waals surface area contributed by atoms with Gasteiger partial charge in [-0.25, -0.2) is 8.78 Å². The predicted molar refractivity (Wildman–Crippen MR) is 25.4 cm³/mol. The minimum absolute atomic E-state index is 0.463. The first-order valence-electron chi connectivity index (χ1n) is 2.44. The molecule has 1 aliphatic carbocycles. The molecule has 0 aromatic rings. The van der Waals surface area contributed by atoms with E-state index in [0.717, 1.165) is 0 Å². The summed E-state index contributed by atoms with van der Waals surface area (Å²) in [7, 11) is 0. The number of nitrogens with two attached hydrogens (primary N) is 2. The minimum Gasteiger partial charge on any atom is -0.326 e. The Hall–Kier alpha value is -0.220. The van der Waals surface area contributed by atoms with Gasteiger partial charge in [0, 0.05) is 12.1 Å². The van der Waals surface area contributed by atoms with E-state index in [1.54, 1.807) is 0 Å². The first kappa shape index (κ1) is 5.91. The summed E-state index contributed by atoms with van der Waals surface area (Å²) in [5.41, 5.74) is 10.2. The molecule has 0 spiro atoms. The summed E-state index contributed by atoms with van der Waals surface area (Å²) in [6.07, 6.45) is -2.33. The average Bonchev–Trinajstić information content (AvgIpc) is 2.15. The standard InChI is InChI=1S/C4H8F2N2/c5-4(6)1-2(7)3(1)8/h1-4H,7-8H2/t1?,2-,3+. The second kappa shape index (κ2) is 1.63. The van der Waals surface area contributed by atoms with Crippen LogP contribution in [0, 0.1) is 5.92 Å². The van der Waals surface area contributed by atoms with E-state index < -0.39 is 24.4 Å². The summed E-state index contributed by atoms with van der Waals surface area (Å²) in [6, 6.07) is -0.926. The Morgan fingerprint density at radius 2 is 1.50 bits per heavy atom. The molecule has 0 aromatic heterocycles. The maximum Gasteiger partial charge on any atom is 0.244 e. The molecule has 0 aromatic carbocycles. The molecular weight excluding hydrogens is 114 g/mol. The van der Waals surface area contributed by atoms with Crippen molar-refractivity contribution in [1.29, 1.82) is 0 Å². The molecule has 1 fully saturated rings. The van der Waals surface area contributed by atoms with Gasteiger partial charge in [-0.15, -0.1) is 0 Å². The van der Waals surface area contributed by atoms with Crippen LogP contribution < -0.4 is 11.5 Å². The third kappa shape index (κ3) is 0.695. The lowest BCUT2D eigenvalue weighted by atomic mass is 10.4. The van der Waals surface area contributed by atoms with Crippen molar-refractivity contribution >= 4 is 0 Å². The Morgan fingerprint density at radius 3 is 1.50 bits per heavy atom. The zero-order chi connectivity index (χ0) is 6.31. The highest BCUT2D eigenvalue weighted by Crippen LogP contribution is 2.32. The zero-order valence-corrected chi connectivity index (χ0v) is 4.22. The highest BCUT2D eigenvalue weighted by molar-refractivity contribution is 5.06. The Labute approximate surface area is 45.8 Å². The molecule has 48 valence electrons. The number of halogens is 2. The normalized spacial score (nSPS) is 45.4. The van der Waals surface area contributed by atoms with Crippen LogP contribution in [0.25, 0.3) is 0 Å². The summed E-state index contributed by atoms with van der Waals surface area (Å²) in [5.74, 6) is -0.741. The Balaban J connectivity index is 2.33. The van der Waals surface area contributed by atoms with E-state index in [9.17, 15) is 8.78 Å². The number of hydrogen-bond donors (Lipinski definition) is 2. The molecule has 0 bridgehead atoms. The van der Waals surface area contributed by atoms with Gasteiger partial charge in [0.1, 0.15) is 0 Å². The van der Waals surface area contributed by atoms with Crippen molar-refractivity contribution < 1.29 is 8.78 Å². The van der Waals surface area contributed by atoms with Crippen molar-refractivity contribution in [2.75, 3.05) is 0 Å². The van der Waals surface area contributed by atoms with E-state index in [4.69, 9.17) is 11.5 Å². The second-order valence-corrected chi connectivity index (χ2v) is 2.07. The van der Waals surface area contributed by atoms with Gasteiger partial charge in [0.15, 0.2) is 0 Å². The third-order valence-corrected chi connectivity index (χ3v) is 1.48. The van der Waals surface area contributed by atoms with Gasteiger partial charge in [0.2, 0.25) is 6.43 Å². The van der Waals surface area contributed by atoms with Crippen LogP contribution in [0.5, 0.6) is 0 Å². The maximum absolute atomic E-state index is 11.6. The van der Waals surface area contributed by atoms with Crippen molar-refractivity contribution in [2.45, 2.75) is 18.5 Å². The van der Waals surface area contributed by atoms with E-state index in [2.05, 4.69) is 0 Å². The van der Waals surface area contributed by atoms with E-state index in [1.165, 1.54) is 0 Å². The predicted octanol–water partition coefficient (Wildman–Crippen LogP) is -0.464. The minimum atomic E-state index is -2.33. The molecule has 1 aliphatic rings. The topological polar surface area (TPSA) is 52.0 Å². The lowest BCUT2D eigenvalue weighted by molar-refractivity contribution is 0.118. The summed E-state index contributed by atoms with van der Waals surface area (Å²) < 4.78 is 23.1. The monoisotopic (exact) mass is 122 g/mol. The molecule has 3 atom stereocenters. The second-order valence-electron chi connectivity index (χ2n) is 2.07. The summed E-state index contributed by atoms with van der Waals surface area (Å²) in [5, 5.41) is 0.